The number of rotatable bonds is 4. The highest BCUT2D eigenvalue weighted by molar-refractivity contribution is 6.11. The smallest absolute Gasteiger partial charge is 0.316 e. The van der Waals surface area contributed by atoms with E-state index in [-0.39, 0.29) is 11.7 Å². The number of ketones is 1. The van der Waals surface area contributed by atoms with Crippen LogP contribution >= 0.6 is 0 Å². The van der Waals surface area contributed by atoms with Crippen LogP contribution in [0, 0.1) is 11.8 Å². The molecule has 2 aromatic rings. The van der Waals surface area contributed by atoms with Crippen molar-refractivity contribution in [1.82, 2.24) is 0 Å². The Hall–Kier alpha value is -3.48. The number of carbonyl (C=O) groups is 2. The van der Waals surface area contributed by atoms with Gasteiger partial charge in [-0.05, 0) is 30.5 Å². The molecule has 31 heavy (non-hydrogen) atoms. The molecule has 7 nitrogen and oxygen atoms in total. The second kappa shape index (κ2) is 8.34. The van der Waals surface area contributed by atoms with E-state index >= 15 is 0 Å². The molecule has 0 amide bonds. The normalized spacial score (nSPS) is 22.3. The van der Waals surface area contributed by atoms with Gasteiger partial charge in [-0.1, -0.05) is 31.2 Å². The van der Waals surface area contributed by atoms with E-state index in [0.717, 1.165) is 22.6 Å². The Bertz CT molecular complexity index is 1060. The van der Waals surface area contributed by atoms with Crippen LogP contribution < -0.4 is 20.1 Å². The molecule has 3 atom stereocenters. The number of anilines is 2. The van der Waals surface area contributed by atoms with Gasteiger partial charge in [0.05, 0.1) is 38.7 Å². The minimum Gasteiger partial charge on any atom is -0.493 e. The zero-order valence-corrected chi connectivity index (χ0v) is 18.0. The standard InChI is InChI=1S/C24H26N2O5/c1-13-12-17-20(22(27)19(13)24(28)31-4)21(26-16-10-6-5-9-15(16)25-17)14-8-7-11-18(29-2)23(14)30-3/h5-11,13,19,21,25-26H,12H2,1-4H3/t13-,19+,21+/m1/s1. The number of carbonyl (C=O) groups excluding carboxylic acids is 2. The molecule has 162 valence electrons. The number of nitrogens with one attached hydrogen (secondary N) is 2. The number of para-hydroxylation sites is 3. The third kappa shape index (κ3) is 3.50. The maximum atomic E-state index is 13.7. The van der Waals surface area contributed by atoms with Crippen LogP contribution in [0.1, 0.15) is 24.9 Å². The van der Waals surface area contributed by atoms with Gasteiger partial charge >= 0.3 is 5.97 Å². The zero-order chi connectivity index (χ0) is 22.1. The lowest BCUT2D eigenvalue weighted by Crippen LogP contribution is -2.39. The average Bonchev–Trinajstić information content (AvgIpc) is 2.94. The fourth-order valence-corrected chi connectivity index (χ4v) is 4.51. The summed E-state index contributed by atoms with van der Waals surface area (Å²) >= 11 is 0. The molecule has 0 aromatic heterocycles. The van der Waals surface area contributed by atoms with Crippen molar-refractivity contribution in [2.45, 2.75) is 19.4 Å². The van der Waals surface area contributed by atoms with Crippen LogP contribution in [0.5, 0.6) is 11.5 Å². The molecule has 2 aliphatic rings. The van der Waals surface area contributed by atoms with Crippen LogP contribution in [-0.4, -0.2) is 33.1 Å². The van der Waals surface area contributed by atoms with E-state index in [0.29, 0.717) is 23.5 Å². The molecule has 4 rings (SSSR count). The molecule has 2 aromatic carbocycles. The number of esters is 1. The van der Waals surface area contributed by atoms with E-state index < -0.39 is 17.9 Å². The fraction of sp³-hybridized carbons (Fsp3) is 0.333. The molecule has 0 radical (unpaired) electrons. The summed E-state index contributed by atoms with van der Waals surface area (Å²) in [5, 5.41) is 6.93. The number of fused-ring (bicyclic) bond motifs is 1. The lowest BCUT2D eigenvalue weighted by Gasteiger charge is -2.33. The molecule has 1 aliphatic carbocycles. The molecule has 0 saturated carbocycles. The summed E-state index contributed by atoms with van der Waals surface area (Å²) in [5.74, 6) is -0.701. The van der Waals surface area contributed by atoms with Crippen LogP contribution in [0.25, 0.3) is 0 Å². The number of allylic oxidation sites excluding steroid dienone is 1. The molecule has 0 saturated heterocycles. The maximum Gasteiger partial charge on any atom is 0.316 e. The summed E-state index contributed by atoms with van der Waals surface area (Å²) in [6, 6.07) is 12.8. The number of benzene rings is 2. The average molecular weight is 422 g/mol. The first kappa shape index (κ1) is 20.8. The predicted octanol–water partition coefficient (Wildman–Crippen LogP) is 3.93. The van der Waals surface area contributed by atoms with Crippen molar-refractivity contribution >= 4 is 23.1 Å². The van der Waals surface area contributed by atoms with E-state index in [1.165, 1.54) is 7.11 Å². The topological polar surface area (TPSA) is 85.9 Å². The Labute approximate surface area is 181 Å². The van der Waals surface area contributed by atoms with Crippen LogP contribution in [0.15, 0.2) is 53.7 Å². The van der Waals surface area contributed by atoms with Crippen LogP contribution in [-0.2, 0) is 14.3 Å². The minimum atomic E-state index is -0.854. The Morgan fingerprint density at radius 1 is 1.00 bits per heavy atom. The third-order valence-electron chi connectivity index (χ3n) is 5.97. The van der Waals surface area contributed by atoms with Crippen molar-refractivity contribution in [1.29, 1.82) is 0 Å². The first-order valence-electron chi connectivity index (χ1n) is 10.2. The van der Waals surface area contributed by atoms with Crippen LogP contribution in [0.4, 0.5) is 11.4 Å². The van der Waals surface area contributed by atoms with E-state index in [4.69, 9.17) is 14.2 Å². The lowest BCUT2D eigenvalue weighted by molar-refractivity contribution is -0.151. The Morgan fingerprint density at radius 3 is 2.42 bits per heavy atom. The minimum absolute atomic E-state index is 0.190. The fourth-order valence-electron chi connectivity index (χ4n) is 4.51. The van der Waals surface area contributed by atoms with E-state index in [1.54, 1.807) is 14.2 Å². The van der Waals surface area contributed by atoms with Gasteiger partial charge in [-0.3, -0.25) is 9.59 Å². The van der Waals surface area contributed by atoms with Crippen LogP contribution in [0.2, 0.25) is 0 Å². The zero-order valence-electron chi connectivity index (χ0n) is 18.0. The van der Waals surface area contributed by atoms with Gasteiger partial charge < -0.3 is 24.8 Å². The van der Waals surface area contributed by atoms with Gasteiger partial charge in [0, 0.05) is 16.8 Å². The van der Waals surface area contributed by atoms with Crippen molar-refractivity contribution in [2.75, 3.05) is 32.0 Å². The number of ether oxygens (including phenoxy) is 3. The number of hydrogen-bond donors (Lipinski definition) is 2. The van der Waals surface area contributed by atoms with Gasteiger partial charge in [0.25, 0.3) is 0 Å². The Kier molecular flexibility index (Phi) is 5.59. The summed E-state index contributed by atoms with van der Waals surface area (Å²) in [5.41, 5.74) is 3.78. The summed E-state index contributed by atoms with van der Waals surface area (Å²) < 4.78 is 16.1. The number of methoxy groups -OCH3 is 3. The van der Waals surface area contributed by atoms with Crippen molar-refractivity contribution in [3.8, 4) is 11.5 Å². The largest absolute Gasteiger partial charge is 0.493 e. The molecule has 2 N–H and O–H groups in total. The molecule has 0 spiro atoms. The Morgan fingerprint density at radius 2 is 1.74 bits per heavy atom. The van der Waals surface area contributed by atoms with Crippen molar-refractivity contribution in [3.63, 3.8) is 0 Å². The highest BCUT2D eigenvalue weighted by Crippen LogP contribution is 2.47. The van der Waals surface area contributed by atoms with Gasteiger partial charge in [0.15, 0.2) is 17.3 Å². The quantitative estimate of drug-likeness (QED) is 0.570. The molecular weight excluding hydrogens is 396 g/mol. The molecule has 1 aliphatic heterocycles. The lowest BCUT2D eigenvalue weighted by atomic mass is 9.74. The number of hydrogen-bond acceptors (Lipinski definition) is 7. The van der Waals surface area contributed by atoms with Gasteiger partial charge in [0.1, 0.15) is 5.92 Å². The predicted molar refractivity (Wildman–Crippen MR) is 117 cm³/mol. The van der Waals surface area contributed by atoms with E-state index in [2.05, 4.69) is 10.6 Å². The van der Waals surface area contributed by atoms with Crippen molar-refractivity contribution < 1.29 is 23.8 Å². The highest BCUT2D eigenvalue weighted by Gasteiger charge is 2.45. The number of Topliss-reactive ketones (excluding diaryl/α,β-unsaturated/α-hetero) is 1. The Balaban J connectivity index is 1.93. The van der Waals surface area contributed by atoms with Crippen LogP contribution in [0.3, 0.4) is 0 Å². The second-order valence-electron chi connectivity index (χ2n) is 7.77. The molecule has 7 heteroatoms. The summed E-state index contributed by atoms with van der Waals surface area (Å²) in [6.45, 7) is 1.90. The SMILES string of the molecule is COC(=O)[C@@H]1C(=O)C2=C(C[C@H]1C)Nc1ccccc1N[C@H]2c1cccc(OC)c1OC. The monoisotopic (exact) mass is 422 g/mol. The molecule has 0 bridgehead atoms. The summed E-state index contributed by atoms with van der Waals surface area (Å²) in [6.07, 6.45) is 0.541. The maximum absolute atomic E-state index is 13.7. The highest BCUT2D eigenvalue weighted by atomic mass is 16.5. The molecule has 0 fully saturated rings. The summed E-state index contributed by atoms with van der Waals surface area (Å²) in [4.78, 5) is 26.2. The summed E-state index contributed by atoms with van der Waals surface area (Å²) in [7, 11) is 4.46. The van der Waals surface area contributed by atoms with Crippen molar-refractivity contribution in [2.24, 2.45) is 11.8 Å². The van der Waals surface area contributed by atoms with Gasteiger partial charge in [0.2, 0.25) is 0 Å². The first-order valence-corrected chi connectivity index (χ1v) is 10.2. The van der Waals surface area contributed by atoms with Gasteiger partial charge in [-0.2, -0.15) is 0 Å². The van der Waals surface area contributed by atoms with Crippen molar-refractivity contribution in [3.05, 3.63) is 59.3 Å². The van der Waals surface area contributed by atoms with E-state index in [9.17, 15) is 9.59 Å². The van der Waals surface area contributed by atoms with Gasteiger partial charge in [-0.25, -0.2) is 0 Å². The first-order chi connectivity index (χ1) is 15.0. The second-order valence-corrected chi connectivity index (χ2v) is 7.77. The molecule has 1 heterocycles. The molecule has 0 unspecified atom stereocenters. The van der Waals surface area contributed by atoms with Gasteiger partial charge in [-0.15, -0.1) is 0 Å². The third-order valence-corrected chi connectivity index (χ3v) is 5.97. The molecular formula is C24H26N2O5. The van der Waals surface area contributed by atoms with E-state index in [1.807, 2.05) is 49.4 Å².